The van der Waals surface area contributed by atoms with Gasteiger partial charge in [0.25, 0.3) is 0 Å². The van der Waals surface area contributed by atoms with Gasteiger partial charge in [-0.05, 0) is 25.8 Å². The summed E-state index contributed by atoms with van der Waals surface area (Å²) >= 11 is 1.33. The lowest BCUT2D eigenvalue weighted by molar-refractivity contribution is -0.140. The van der Waals surface area contributed by atoms with Crippen molar-refractivity contribution in [3.63, 3.8) is 0 Å². The highest BCUT2D eigenvalue weighted by molar-refractivity contribution is 7.89. The van der Waals surface area contributed by atoms with Crippen LogP contribution in [0.3, 0.4) is 0 Å². The van der Waals surface area contributed by atoms with Gasteiger partial charge in [-0.1, -0.05) is 5.16 Å². The van der Waals surface area contributed by atoms with Gasteiger partial charge >= 0.3 is 0 Å². The van der Waals surface area contributed by atoms with E-state index in [2.05, 4.69) is 10.1 Å². The lowest BCUT2D eigenvalue weighted by Crippen LogP contribution is -2.47. The van der Waals surface area contributed by atoms with E-state index in [9.17, 15) is 13.2 Å². The van der Waals surface area contributed by atoms with E-state index in [-0.39, 0.29) is 16.7 Å². The number of hydrogen-bond donors (Lipinski definition) is 0. The maximum atomic E-state index is 13.2. The number of piperidine rings is 1. The molecule has 0 aromatic carbocycles. The monoisotopic (exact) mass is 440 g/mol. The Kier molecular flexibility index (Phi) is 5.74. The Labute approximate surface area is 173 Å². The lowest BCUT2D eigenvalue weighted by Gasteiger charge is -2.35. The van der Waals surface area contributed by atoms with E-state index in [4.69, 9.17) is 9.26 Å². The first kappa shape index (κ1) is 20.5. The molecule has 0 aliphatic carbocycles. The average molecular weight is 441 g/mol. The molecule has 9 nitrogen and oxygen atoms in total. The van der Waals surface area contributed by atoms with Crippen molar-refractivity contribution in [1.82, 2.24) is 19.3 Å². The number of aromatic nitrogens is 2. The van der Waals surface area contributed by atoms with E-state index in [1.165, 1.54) is 15.6 Å². The normalized spacial score (nSPS) is 19.6. The molecule has 11 heteroatoms. The minimum Gasteiger partial charge on any atom is -0.378 e. The SMILES string of the molecule is Cc1nc(-c2cc(S(=O)(=O)N3CCC(C(=O)N4CCOCC4)CC3)c(C)s2)no1. The van der Waals surface area contributed by atoms with Crippen LogP contribution in [0.25, 0.3) is 10.7 Å². The Balaban J connectivity index is 1.45. The Morgan fingerprint density at radius 3 is 2.48 bits per heavy atom. The third-order valence-electron chi connectivity index (χ3n) is 5.36. The second-order valence-corrected chi connectivity index (χ2v) is 10.4. The van der Waals surface area contributed by atoms with E-state index in [0.717, 1.165) is 0 Å². The highest BCUT2D eigenvalue weighted by atomic mass is 32.2. The highest BCUT2D eigenvalue weighted by Gasteiger charge is 2.35. The van der Waals surface area contributed by atoms with Crippen molar-refractivity contribution in [2.75, 3.05) is 39.4 Å². The van der Waals surface area contributed by atoms with Gasteiger partial charge in [-0.3, -0.25) is 4.79 Å². The average Bonchev–Trinajstić information content (AvgIpc) is 3.34. The molecular formula is C18H24N4O5S2. The Bertz CT molecular complexity index is 986. The summed E-state index contributed by atoms with van der Waals surface area (Å²) < 4.78 is 38.2. The number of aryl methyl sites for hydroxylation is 2. The van der Waals surface area contributed by atoms with Gasteiger partial charge in [-0.2, -0.15) is 9.29 Å². The van der Waals surface area contributed by atoms with E-state index in [1.807, 2.05) is 4.90 Å². The number of hydrogen-bond acceptors (Lipinski definition) is 8. The van der Waals surface area contributed by atoms with Crippen molar-refractivity contribution >= 4 is 27.3 Å². The largest absolute Gasteiger partial charge is 0.378 e. The van der Waals surface area contributed by atoms with Crippen molar-refractivity contribution in [3.05, 3.63) is 16.8 Å². The lowest BCUT2D eigenvalue weighted by atomic mass is 9.96. The van der Waals surface area contributed by atoms with E-state index >= 15 is 0 Å². The summed E-state index contributed by atoms with van der Waals surface area (Å²) in [6.45, 7) is 6.52. The fourth-order valence-corrected chi connectivity index (χ4v) is 6.71. The van der Waals surface area contributed by atoms with Crippen molar-refractivity contribution in [2.45, 2.75) is 31.6 Å². The van der Waals surface area contributed by atoms with Gasteiger partial charge in [-0.15, -0.1) is 11.3 Å². The first-order valence-corrected chi connectivity index (χ1v) is 11.9. The zero-order valence-corrected chi connectivity index (χ0v) is 18.1. The second kappa shape index (κ2) is 8.13. The summed E-state index contributed by atoms with van der Waals surface area (Å²) in [5, 5.41) is 3.87. The Morgan fingerprint density at radius 1 is 1.17 bits per heavy atom. The molecule has 0 radical (unpaired) electrons. The van der Waals surface area contributed by atoms with Gasteiger partial charge in [0.1, 0.15) is 0 Å². The number of carbonyl (C=O) groups excluding carboxylic acids is 1. The second-order valence-electron chi connectivity index (χ2n) is 7.28. The molecule has 158 valence electrons. The van der Waals surface area contributed by atoms with Gasteiger partial charge < -0.3 is 14.2 Å². The van der Waals surface area contributed by atoms with Crippen LogP contribution in [-0.2, 0) is 19.6 Å². The Hall–Kier alpha value is -1.82. The van der Waals surface area contributed by atoms with Crippen molar-refractivity contribution in [1.29, 1.82) is 0 Å². The van der Waals surface area contributed by atoms with Gasteiger partial charge in [0, 0.05) is 43.9 Å². The first-order chi connectivity index (χ1) is 13.9. The molecular weight excluding hydrogens is 416 g/mol. The molecule has 2 aromatic rings. The zero-order valence-electron chi connectivity index (χ0n) is 16.5. The maximum Gasteiger partial charge on any atom is 0.244 e. The third kappa shape index (κ3) is 4.09. The molecule has 2 saturated heterocycles. The topological polar surface area (TPSA) is 106 Å². The number of nitrogens with zero attached hydrogens (tertiary/aromatic N) is 4. The summed E-state index contributed by atoms with van der Waals surface area (Å²) in [5.74, 6) is 0.821. The van der Waals surface area contributed by atoms with Gasteiger partial charge in [0.05, 0.1) is 23.0 Å². The quantitative estimate of drug-likeness (QED) is 0.712. The number of morpholine rings is 1. The third-order valence-corrected chi connectivity index (χ3v) is 8.56. The molecule has 4 rings (SSSR count). The Morgan fingerprint density at radius 2 is 1.86 bits per heavy atom. The van der Waals surface area contributed by atoms with Gasteiger partial charge in [-0.25, -0.2) is 8.42 Å². The molecule has 0 bridgehead atoms. The standard InChI is InChI=1S/C18H24N4O5S2/c1-12-16(11-15(28-12)17-19-13(2)27-20-17)29(24,25)22-5-3-14(4-6-22)18(23)21-7-9-26-10-8-21/h11,14H,3-10H2,1-2H3. The molecule has 0 saturated carbocycles. The van der Waals surface area contributed by atoms with Crippen LogP contribution in [0.4, 0.5) is 0 Å². The number of rotatable bonds is 4. The molecule has 29 heavy (non-hydrogen) atoms. The maximum absolute atomic E-state index is 13.2. The van der Waals surface area contributed by atoms with Crippen LogP contribution in [0.5, 0.6) is 0 Å². The van der Waals surface area contributed by atoms with Crippen LogP contribution in [0, 0.1) is 19.8 Å². The number of carbonyl (C=O) groups is 1. The highest BCUT2D eigenvalue weighted by Crippen LogP contribution is 2.35. The molecule has 2 aliphatic heterocycles. The van der Waals surface area contributed by atoms with E-state index < -0.39 is 10.0 Å². The summed E-state index contributed by atoms with van der Waals surface area (Å²) in [6, 6.07) is 1.62. The van der Waals surface area contributed by atoms with Crippen LogP contribution < -0.4 is 0 Å². The fourth-order valence-electron chi connectivity index (χ4n) is 3.76. The first-order valence-electron chi connectivity index (χ1n) is 9.64. The minimum absolute atomic E-state index is 0.117. The predicted octanol–water partition coefficient (Wildman–Crippen LogP) is 1.67. The minimum atomic E-state index is -3.63. The summed E-state index contributed by atoms with van der Waals surface area (Å²) in [7, 11) is -3.63. The predicted molar refractivity (Wildman–Crippen MR) is 106 cm³/mol. The zero-order chi connectivity index (χ0) is 20.6. The number of amides is 1. The van der Waals surface area contributed by atoms with Crippen LogP contribution in [0.2, 0.25) is 0 Å². The smallest absolute Gasteiger partial charge is 0.244 e. The van der Waals surface area contributed by atoms with Gasteiger partial charge in [0.2, 0.25) is 27.6 Å². The number of sulfonamides is 1. The van der Waals surface area contributed by atoms with E-state index in [0.29, 0.717) is 73.7 Å². The summed E-state index contributed by atoms with van der Waals surface area (Å²) in [4.78, 5) is 20.3. The van der Waals surface area contributed by atoms with Crippen molar-refractivity contribution < 1.29 is 22.5 Å². The molecule has 2 fully saturated rings. The summed E-state index contributed by atoms with van der Waals surface area (Å²) in [6.07, 6.45) is 1.07. The van der Waals surface area contributed by atoms with Crippen molar-refractivity contribution in [3.8, 4) is 10.7 Å². The van der Waals surface area contributed by atoms with E-state index in [1.54, 1.807) is 19.9 Å². The molecule has 0 N–H and O–H groups in total. The van der Waals surface area contributed by atoms with Crippen LogP contribution in [0.15, 0.2) is 15.5 Å². The molecule has 0 unspecified atom stereocenters. The number of ether oxygens (including phenoxy) is 1. The molecule has 1 amide bonds. The molecule has 0 spiro atoms. The van der Waals surface area contributed by atoms with Crippen LogP contribution in [0.1, 0.15) is 23.6 Å². The molecule has 4 heterocycles. The van der Waals surface area contributed by atoms with Crippen LogP contribution >= 0.6 is 11.3 Å². The number of thiophene rings is 1. The fraction of sp³-hybridized carbons (Fsp3) is 0.611. The van der Waals surface area contributed by atoms with Crippen molar-refractivity contribution in [2.24, 2.45) is 5.92 Å². The van der Waals surface area contributed by atoms with Gasteiger partial charge in [0.15, 0.2) is 0 Å². The molecule has 2 aliphatic rings. The van der Waals surface area contributed by atoms with Crippen LogP contribution in [-0.4, -0.2) is 73.1 Å². The summed E-state index contributed by atoms with van der Waals surface area (Å²) in [5.41, 5.74) is 0. The molecule has 2 aromatic heterocycles. The molecule has 0 atom stereocenters.